The number of aromatic hydroxyl groups is 2. The molecule has 0 spiro atoms. The number of phenols is 2. The smallest absolute Gasteiger partial charge is 0.142 e. The molecule has 0 heterocycles. The predicted molar refractivity (Wildman–Crippen MR) is 125 cm³/mol. The summed E-state index contributed by atoms with van der Waals surface area (Å²) >= 11 is 0. The lowest BCUT2D eigenvalue weighted by molar-refractivity contribution is 0.456. The molecular formula is C26H18N2O4. The molecule has 6 N–H and O–H groups in total. The van der Waals surface area contributed by atoms with Crippen LogP contribution >= 0.6 is 0 Å². The first kappa shape index (κ1) is 20.3. The van der Waals surface area contributed by atoms with Gasteiger partial charge in [-0.1, -0.05) is 11.8 Å². The molecule has 4 aromatic rings. The van der Waals surface area contributed by atoms with Gasteiger partial charge in [0.05, 0.1) is 11.4 Å². The summed E-state index contributed by atoms with van der Waals surface area (Å²) < 4.78 is 11.7. The van der Waals surface area contributed by atoms with Gasteiger partial charge in [-0.2, -0.15) is 0 Å². The number of benzene rings is 4. The van der Waals surface area contributed by atoms with E-state index in [1.54, 1.807) is 48.5 Å². The molecule has 0 aliphatic rings. The number of rotatable bonds is 4. The first-order valence-electron chi connectivity index (χ1n) is 9.45. The summed E-state index contributed by atoms with van der Waals surface area (Å²) in [6.07, 6.45) is 11.5. The number of ether oxygens (including phenoxy) is 2. The zero-order valence-corrected chi connectivity index (χ0v) is 16.8. The minimum atomic E-state index is -0.0831. The van der Waals surface area contributed by atoms with Gasteiger partial charge < -0.3 is 31.2 Å². The number of hydrogen-bond acceptors (Lipinski definition) is 6. The minimum Gasteiger partial charge on any atom is -0.506 e. The van der Waals surface area contributed by atoms with Crippen LogP contribution in [0, 0.1) is 24.7 Å². The average molecular weight is 422 g/mol. The zero-order chi connectivity index (χ0) is 22.8. The lowest BCUT2D eigenvalue weighted by Crippen LogP contribution is -1.93. The zero-order valence-electron chi connectivity index (χ0n) is 16.8. The van der Waals surface area contributed by atoms with Gasteiger partial charge in [0.1, 0.15) is 34.5 Å². The van der Waals surface area contributed by atoms with Crippen LogP contribution < -0.4 is 20.9 Å². The summed E-state index contributed by atoms with van der Waals surface area (Å²) in [5, 5.41) is 21.0. The van der Waals surface area contributed by atoms with Crippen LogP contribution in [0.4, 0.5) is 11.4 Å². The topological polar surface area (TPSA) is 111 Å². The summed E-state index contributed by atoms with van der Waals surface area (Å²) in [6, 6.07) is 16.1. The van der Waals surface area contributed by atoms with E-state index in [0.717, 1.165) is 0 Å². The fourth-order valence-corrected chi connectivity index (χ4v) is 3.21. The normalized spacial score (nSPS) is 10.3. The van der Waals surface area contributed by atoms with Crippen LogP contribution in [-0.4, -0.2) is 10.2 Å². The van der Waals surface area contributed by atoms with E-state index in [4.69, 9.17) is 33.8 Å². The van der Waals surface area contributed by atoms with E-state index in [0.29, 0.717) is 44.9 Å². The Kier molecular flexibility index (Phi) is 5.12. The predicted octanol–water partition coefficient (Wildman–Crippen LogP) is 4.96. The summed E-state index contributed by atoms with van der Waals surface area (Å²) in [5.41, 5.74) is 12.9. The molecule has 0 saturated carbocycles. The first-order valence-corrected chi connectivity index (χ1v) is 9.45. The number of fused-ring (bicyclic) bond motifs is 1. The lowest BCUT2D eigenvalue weighted by Gasteiger charge is -2.13. The maximum Gasteiger partial charge on any atom is 0.142 e. The second-order valence-electron chi connectivity index (χ2n) is 6.97. The molecule has 0 fully saturated rings. The number of nitrogen functional groups attached to an aromatic ring is 2. The second kappa shape index (κ2) is 8.06. The highest BCUT2D eigenvalue weighted by atomic mass is 16.5. The summed E-state index contributed by atoms with van der Waals surface area (Å²) in [5.74, 6) is 6.81. The largest absolute Gasteiger partial charge is 0.506 e. The van der Waals surface area contributed by atoms with E-state index in [-0.39, 0.29) is 22.9 Å². The molecule has 0 radical (unpaired) electrons. The van der Waals surface area contributed by atoms with Gasteiger partial charge in [-0.3, -0.25) is 0 Å². The molecule has 0 aliphatic carbocycles. The van der Waals surface area contributed by atoms with Crippen molar-refractivity contribution in [2.75, 3.05) is 11.5 Å². The molecular weight excluding hydrogens is 404 g/mol. The highest BCUT2D eigenvalue weighted by Gasteiger charge is 2.12. The van der Waals surface area contributed by atoms with E-state index in [1.165, 1.54) is 12.1 Å². The van der Waals surface area contributed by atoms with Crippen LogP contribution in [0.2, 0.25) is 0 Å². The van der Waals surface area contributed by atoms with Crippen molar-refractivity contribution in [3.63, 3.8) is 0 Å². The van der Waals surface area contributed by atoms with Gasteiger partial charge in [-0.05, 0) is 48.5 Å². The molecule has 0 saturated heterocycles. The number of phenolic OH excluding ortho intramolecular Hbond substituents is 2. The van der Waals surface area contributed by atoms with Crippen molar-refractivity contribution in [1.29, 1.82) is 0 Å². The molecule has 6 nitrogen and oxygen atoms in total. The van der Waals surface area contributed by atoms with Crippen LogP contribution in [0.5, 0.6) is 34.5 Å². The SMILES string of the molecule is C#Cc1cc(Oc2ccc(N)c(O)c2)cc2c(C#C)cc(Oc3ccc(N)c(O)c3)cc12. The molecule has 0 bridgehead atoms. The van der Waals surface area contributed by atoms with Crippen molar-refractivity contribution in [1.82, 2.24) is 0 Å². The van der Waals surface area contributed by atoms with Gasteiger partial charge >= 0.3 is 0 Å². The quantitative estimate of drug-likeness (QED) is 0.210. The fraction of sp³-hybridized carbons (Fsp3) is 0. The van der Waals surface area contributed by atoms with Crippen molar-refractivity contribution in [3.8, 4) is 59.2 Å². The Morgan fingerprint density at radius 1 is 0.594 bits per heavy atom. The molecule has 0 aromatic heterocycles. The average Bonchev–Trinajstić information content (AvgIpc) is 2.78. The van der Waals surface area contributed by atoms with Gasteiger partial charge in [0, 0.05) is 34.0 Å². The number of terminal acetylenes is 2. The van der Waals surface area contributed by atoms with Crippen molar-refractivity contribution in [2.45, 2.75) is 0 Å². The molecule has 156 valence electrons. The maximum atomic E-state index is 9.82. The monoisotopic (exact) mass is 422 g/mol. The summed E-state index contributed by atoms with van der Waals surface area (Å²) in [6.45, 7) is 0. The number of hydrogen-bond donors (Lipinski definition) is 4. The van der Waals surface area contributed by atoms with E-state index in [9.17, 15) is 10.2 Å². The van der Waals surface area contributed by atoms with Crippen LogP contribution in [0.1, 0.15) is 11.1 Å². The summed E-state index contributed by atoms with van der Waals surface area (Å²) in [4.78, 5) is 0. The van der Waals surface area contributed by atoms with E-state index < -0.39 is 0 Å². The molecule has 0 amide bonds. The van der Waals surface area contributed by atoms with Crippen molar-refractivity contribution in [3.05, 3.63) is 71.8 Å². The van der Waals surface area contributed by atoms with Crippen LogP contribution in [0.3, 0.4) is 0 Å². The number of nitrogens with two attached hydrogens (primary N) is 2. The van der Waals surface area contributed by atoms with Gasteiger partial charge in [-0.15, -0.1) is 12.8 Å². The van der Waals surface area contributed by atoms with Crippen molar-refractivity contribution >= 4 is 22.1 Å². The van der Waals surface area contributed by atoms with E-state index >= 15 is 0 Å². The van der Waals surface area contributed by atoms with Crippen LogP contribution in [-0.2, 0) is 0 Å². The first-order chi connectivity index (χ1) is 15.4. The molecule has 4 rings (SSSR count). The van der Waals surface area contributed by atoms with Crippen molar-refractivity contribution < 1.29 is 19.7 Å². The second-order valence-corrected chi connectivity index (χ2v) is 6.97. The summed E-state index contributed by atoms with van der Waals surface area (Å²) in [7, 11) is 0. The Bertz CT molecular complexity index is 1330. The van der Waals surface area contributed by atoms with E-state index in [2.05, 4.69) is 11.8 Å². The van der Waals surface area contributed by atoms with Gasteiger partial charge in [-0.25, -0.2) is 0 Å². The van der Waals surface area contributed by atoms with Gasteiger partial charge in [0.25, 0.3) is 0 Å². The molecule has 0 aliphatic heterocycles. The standard InChI is InChI=1S/C26H18N2O4/c1-3-15-9-19(31-17-5-7-23(27)25(29)13-17)12-22-16(4-2)10-20(11-21(15)22)32-18-6-8-24(28)26(30)14-18/h1-2,5-14,29-30H,27-28H2. The fourth-order valence-electron chi connectivity index (χ4n) is 3.21. The third-order valence-corrected chi connectivity index (χ3v) is 4.80. The molecule has 0 atom stereocenters. The lowest BCUT2D eigenvalue weighted by atomic mass is 9.99. The Labute approximate surface area is 184 Å². The van der Waals surface area contributed by atoms with E-state index in [1.807, 2.05) is 0 Å². The van der Waals surface area contributed by atoms with Gasteiger partial charge in [0.15, 0.2) is 0 Å². The van der Waals surface area contributed by atoms with Crippen LogP contribution in [0.25, 0.3) is 10.8 Å². The maximum absolute atomic E-state index is 9.82. The van der Waals surface area contributed by atoms with Gasteiger partial charge in [0.2, 0.25) is 0 Å². The highest BCUT2D eigenvalue weighted by molar-refractivity contribution is 5.95. The molecule has 0 unspecified atom stereocenters. The Hall–Kier alpha value is -4.94. The third kappa shape index (κ3) is 3.89. The molecule has 4 aromatic carbocycles. The Balaban J connectivity index is 1.77. The van der Waals surface area contributed by atoms with Crippen molar-refractivity contribution in [2.24, 2.45) is 0 Å². The molecule has 6 heteroatoms. The Morgan fingerprint density at radius 3 is 1.34 bits per heavy atom. The molecule has 32 heavy (non-hydrogen) atoms. The minimum absolute atomic E-state index is 0.0831. The Morgan fingerprint density at radius 2 is 1.00 bits per heavy atom. The number of anilines is 2. The third-order valence-electron chi connectivity index (χ3n) is 4.80. The van der Waals surface area contributed by atoms with Crippen LogP contribution in [0.15, 0.2) is 60.7 Å². The highest BCUT2D eigenvalue weighted by Crippen LogP contribution is 2.36.